The van der Waals surface area contributed by atoms with E-state index in [-0.39, 0.29) is 0 Å². The van der Waals surface area contributed by atoms with Crippen LogP contribution in [0.5, 0.6) is 0 Å². The van der Waals surface area contributed by atoms with Crippen LogP contribution >= 0.6 is 12.6 Å². The fourth-order valence-corrected chi connectivity index (χ4v) is 2.14. The summed E-state index contributed by atoms with van der Waals surface area (Å²) in [5.74, 6) is 0.908. The normalized spacial score (nSPS) is 9.55. The summed E-state index contributed by atoms with van der Waals surface area (Å²) in [6.07, 6.45) is 3.01. The molecule has 0 radical (unpaired) electrons. The smallest absolute Gasteiger partial charge is 0.150 e. The summed E-state index contributed by atoms with van der Waals surface area (Å²) in [6.45, 7) is 0. The third-order valence-electron chi connectivity index (χ3n) is 2.91. The summed E-state index contributed by atoms with van der Waals surface area (Å²) < 4.78 is 0. The van der Waals surface area contributed by atoms with E-state index in [9.17, 15) is 4.79 Å². The van der Waals surface area contributed by atoms with Crippen LogP contribution < -0.4 is 0 Å². The number of hydrogen-bond donors (Lipinski definition) is 2. The summed E-state index contributed by atoms with van der Waals surface area (Å²) in [4.78, 5) is 10.8. The molecule has 0 saturated carbocycles. The number of carbonyl (C=O) groups is 1. The van der Waals surface area contributed by atoms with Crippen molar-refractivity contribution in [3.8, 4) is 11.1 Å². The van der Waals surface area contributed by atoms with E-state index in [1.165, 1.54) is 5.56 Å². The minimum Gasteiger partial charge on any atom is -0.400 e. The molecule has 3 heteroatoms. The maximum absolute atomic E-state index is 10.8. The number of hydrogen-bond acceptors (Lipinski definition) is 3. The molecule has 2 aromatic carbocycles. The van der Waals surface area contributed by atoms with E-state index < -0.39 is 0 Å². The molecule has 20 heavy (non-hydrogen) atoms. The van der Waals surface area contributed by atoms with Gasteiger partial charge >= 0.3 is 0 Å². The second kappa shape index (κ2) is 9.34. The highest BCUT2D eigenvalue weighted by atomic mass is 32.1. The largest absolute Gasteiger partial charge is 0.400 e. The van der Waals surface area contributed by atoms with Gasteiger partial charge in [-0.15, -0.1) is 0 Å². The minimum absolute atomic E-state index is 0.716. The molecule has 0 aromatic heterocycles. The lowest BCUT2D eigenvalue weighted by Crippen LogP contribution is -1.88. The molecule has 0 saturated heterocycles. The number of aliphatic hydroxyl groups excluding tert-OH is 1. The zero-order valence-corrected chi connectivity index (χ0v) is 12.5. The Balaban J connectivity index is 0.000000956. The van der Waals surface area contributed by atoms with Crippen LogP contribution in [0.1, 0.15) is 22.3 Å². The fraction of sp³-hybridized carbons (Fsp3) is 0.235. The van der Waals surface area contributed by atoms with Crippen LogP contribution in [0.15, 0.2) is 48.5 Å². The van der Waals surface area contributed by atoms with E-state index in [0.717, 1.165) is 43.1 Å². The first-order chi connectivity index (χ1) is 9.83. The maximum Gasteiger partial charge on any atom is 0.150 e. The van der Waals surface area contributed by atoms with E-state index >= 15 is 0 Å². The number of thiol groups is 1. The third kappa shape index (κ3) is 4.83. The highest BCUT2D eigenvalue weighted by Crippen LogP contribution is 2.21. The number of aryl methyl sites for hydroxylation is 1. The molecule has 0 amide bonds. The molecule has 2 rings (SSSR count). The van der Waals surface area contributed by atoms with Crippen LogP contribution in [0.2, 0.25) is 0 Å². The Bertz CT molecular complexity index is 538. The lowest BCUT2D eigenvalue weighted by atomic mass is 10.00. The second-order valence-corrected chi connectivity index (χ2v) is 4.72. The van der Waals surface area contributed by atoms with Crippen LogP contribution in [0.4, 0.5) is 0 Å². The number of benzene rings is 2. The Labute approximate surface area is 125 Å². The van der Waals surface area contributed by atoms with Crippen molar-refractivity contribution in [3.05, 3.63) is 59.7 Å². The highest BCUT2D eigenvalue weighted by molar-refractivity contribution is 7.80. The fourth-order valence-electron chi connectivity index (χ4n) is 1.98. The standard InChI is InChI=1S/C16H16OS.CH4O/c17-12-14-5-2-8-16(11-14)15-7-1-4-13(10-15)6-3-9-18;1-2/h1-2,4-5,7-8,10-12,18H,3,6,9H2;2H,1H3. The second-order valence-electron chi connectivity index (χ2n) is 4.27. The van der Waals surface area contributed by atoms with Crippen LogP contribution in [-0.4, -0.2) is 24.3 Å². The molecule has 0 aliphatic carbocycles. The molecule has 106 valence electrons. The van der Waals surface area contributed by atoms with Crippen LogP contribution in [0, 0.1) is 0 Å². The zero-order chi connectivity index (χ0) is 14.8. The van der Waals surface area contributed by atoms with Crippen molar-refractivity contribution >= 4 is 18.9 Å². The Morgan fingerprint density at radius 2 is 1.70 bits per heavy atom. The number of aldehydes is 1. The van der Waals surface area contributed by atoms with E-state index in [1.54, 1.807) is 0 Å². The predicted molar refractivity (Wildman–Crippen MR) is 87.6 cm³/mol. The molecule has 0 fully saturated rings. The minimum atomic E-state index is 0.716. The summed E-state index contributed by atoms with van der Waals surface area (Å²) in [7, 11) is 1.00. The zero-order valence-electron chi connectivity index (χ0n) is 11.6. The molecule has 1 N–H and O–H groups in total. The third-order valence-corrected chi connectivity index (χ3v) is 3.22. The van der Waals surface area contributed by atoms with Gasteiger partial charge in [-0.25, -0.2) is 0 Å². The van der Waals surface area contributed by atoms with Gasteiger partial charge in [-0.3, -0.25) is 4.79 Å². The first-order valence-electron chi connectivity index (χ1n) is 6.53. The monoisotopic (exact) mass is 288 g/mol. The average molecular weight is 288 g/mol. The molecular formula is C17H20O2S. The quantitative estimate of drug-likeness (QED) is 0.651. The van der Waals surface area contributed by atoms with Gasteiger partial charge in [-0.1, -0.05) is 42.5 Å². The molecule has 2 nitrogen and oxygen atoms in total. The van der Waals surface area contributed by atoms with Crippen molar-refractivity contribution in [2.24, 2.45) is 0 Å². The van der Waals surface area contributed by atoms with Crippen molar-refractivity contribution in [2.45, 2.75) is 12.8 Å². The van der Waals surface area contributed by atoms with Gasteiger partial charge in [0.15, 0.2) is 0 Å². The van der Waals surface area contributed by atoms with Gasteiger partial charge in [0.1, 0.15) is 6.29 Å². The molecule has 0 unspecified atom stereocenters. The van der Waals surface area contributed by atoms with Crippen molar-refractivity contribution < 1.29 is 9.90 Å². The van der Waals surface area contributed by atoms with Gasteiger partial charge in [0.05, 0.1) is 0 Å². The van der Waals surface area contributed by atoms with Crippen LogP contribution in [0.25, 0.3) is 11.1 Å². The molecular weight excluding hydrogens is 268 g/mol. The predicted octanol–water partition coefficient (Wildman–Crippen LogP) is 3.64. The Morgan fingerprint density at radius 1 is 1.05 bits per heavy atom. The molecule has 2 aromatic rings. The van der Waals surface area contributed by atoms with E-state index in [2.05, 4.69) is 36.9 Å². The topological polar surface area (TPSA) is 37.3 Å². The van der Waals surface area contributed by atoms with Gasteiger partial charge in [0.2, 0.25) is 0 Å². The van der Waals surface area contributed by atoms with Crippen molar-refractivity contribution in [1.82, 2.24) is 0 Å². The van der Waals surface area contributed by atoms with E-state index in [4.69, 9.17) is 5.11 Å². The van der Waals surface area contributed by atoms with Gasteiger partial charge < -0.3 is 5.11 Å². The van der Waals surface area contributed by atoms with Crippen molar-refractivity contribution in [1.29, 1.82) is 0 Å². The highest BCUT2D eigenvalue weighted by Gasteiger charge is 2.00. The number of rotatable bonds is 5. The van der Waals surface area contributed by atoms with E-state index in [0.29, 0.717) is 5.56 Å². The number of aliphatic hydroxyl groups is 1. The summed E-state index contributed by atoms with van der Waals surface area (Å²) >= 11 is 4.23. The Kier molecular flexibility index (Phi) is 7.70. The van der Waals surface area contributed by atoms with Crippen LogP contribution in [-0.2, 0) is 6.42 Å². The number of carbonyl (C=O) groups excluding carboxylic acids is 1. The lowest BCUT2D eigenvalue weighted by Gasteiger charge is -2.05. The average Bonchev–Trinajstić information content (AvgIpc) is 2.55. The lowest BCUT2D eigenvalue weighted by molar-refractivity contribution is 0.112. The first-order valence-corrected chi connectivity index (χ1v) is 7.17. The molecule has 0 heterocycles. The summed E-state index contributed by atoms with van der Waals surface area (Å²) in [6, 6.07) is 16.2. The molecule has 0 spiro atoms. The summed E-state index contributed by atoms with van der Waals surface area (Å²) in [5, 5.41) is 7.00. The van der Waals surface area contributed by atoms with Crippen molar-refractivity contribution in [3.63, 3.8) is 0 Å². The van der Waals surface area contributed by atoms with Gasteiger partial charge in [-0.05, 0) is 41.4 Å². The van der Waals surface area contributed by atoms with Gasteiger partial charge in [0, 0.05) is 12.7 Å². The molecule has 0 atom stereocenters. The van der Waals surface area contributed by atoms with Gasteiger partial charge in [0.25, 0.3) is 0 Å². The molecule has 0 aliphatic rings. The Morgan fingerprint density at radius 3 is 2.35 bits per heavy atom. The van der Waals surface area contributed by atoms with Crippen molar-refractivity contribution in [2.75, 3.05) is 12.9 Å². The Hall–Kier alpha value is -1.58. The van der Waals surface area contributed by atoms with Gasteiger partial charge in [-0.2, -0.15) is 12.6 Å². The van der Waals surface area contributed by atoms with Crippen LogP contribution in [0.3, 0.4) is 0 Å². The molecule has 0 bridgehead atoms. The summed E-state index contributed by atoms with van der Waals surface area (Å²) in [5.41, 5.74) is 4.29. The van der Waals surface area contributed by atoms with E-state index in [1.807, 2.05) is 24.3 Å². The SMILES string of the molecule is CO.O=Cc1cccc(-c2cccc(CCCS)c2)c1. The molecule has 0 aliphatic heterocycles. The maximum atomic E-state index is 10.8. The first kappa shape index (κ1) is 16.5.